The molecule has 5 nitrogen and oxygen atoms in total. The number of rotatable bonds is 7. The van der Waals surface area contributed by atoms with Gasteiger partial charge in [0, 0.05) is 19.7 Å². The van der Waals surface area contributed by atoms with Crippen molar-refractivity contribution in [3.63, 3.8) is 0 Å². The van der Waals surface area contributed by atoms with Crippen molar-refractivity contribution >= 4 is 11.8 Å². The first-order valence-electron chi connectivity index (χ1n) is 8.09. The van der Waals surface area contributed by atoms with E-state index in [-0.39, 0.29) is 18.0 Å². The Kier molecular flexibility index (Phi) is 6.66. The van der Waals surface area contributed by atoms with Crippen molar-refractivity contribution in [2.24, 2.45) is 0 Å². The highest BCUT2D eigenvalue weighted by Gasteiger charge is 2.15. The van der Waals surface area contributed by atoms with E-state index in [1.165, 1.54) is 4.90 Å². The molecule has 0 saturated heterocycles. The van der Waals surface area contributed by atoms with Gasteiger partial charge in [-0.15, -0.1) is 0 Å². The Bertz CT molecular complexity index is 779. The number of carbonyl (C=O) groups excluding carboxylic acids is 2. The molecule has 0 aromatic heterocycles. The van der Waals surface area contributed by atoms with Crippen molar-refractivity contribution in [2.45, 2.75) is 13.5 Å². The summed E-state index contributed by atoms with van der Waals surface area (Å²) < 4.78 is 31.8. The normalized spacial score (nSPS) is 10.3. The molecule has 0 radical (unpaired) electrons. The number of amides is 2. The summed E-state index contributed by atoms with van der Waals surface area (Å²) in [6.45, 7) is 2.54. The molecule has 0 aliphatic carbocycles. The van der Waals surface area contributed by atoms with Gasteiger partial charge in [-0.2, -0.15) is 0 Å². The maximum atomic E-state index is 13.6. The lowest BCUT2D eigenvalue weighted by Crippen LogP contribution is -2.38. The first-order chi connectivity index (χ1) is 12.4. The first kappa shape index (κ1) is 19.4. The number of hydrogen-bond donors (Lipinski definition) is 1. The zero-order valence-electron chi connectivity index (χ0n) is 14.6. The second kappa shape index (κ2) is 8.94. The van der Waals surface area contributed by atoms with Gasteiger partial charge in [-0.3, -0.25) is 9.59 Å². The quantitative estimate of drug-likeness (QED) is 0.824. The van der Waals surface area contributed by atoms with Gasteiger partial charge in [-0.05, 0) is 36.8 Å². The molecule has 1 N–H and O–H groups in total. The lowest BCUT2D eigenvalue weighted by molar-refractivity contribution is -0.129. The third-order valence-electron chi connectivity index (χ3n) is 3.66. The summed E-state index contributed by atoms with van der Waals surface area (Å²) in [6.07, 6.45) is 0. The van der Waals surface area contributed by atoms with Crippen LogP contribution in [0.15, 0.2) is 42.5 Å². The molecule has 0 aliphatic heterocycles. The molecule has 2 aromatic rings. The van der Waals surface area contributed by atoms with Crippen LogP contribution in [0.3, 0.4) is 0 Å². The molecule has 2 rings (SSSR count). The first-order valence-corrected chi connectivity index (χ1v) is 8.09. The summed E-state index contributed by atoms with van der Waals surface area (Å²) >= 11 is 0. The van der Waals surface area contributed by atoms with Crippen molar-refractivity contribution < 1.29 is 23.1 Å². The molecule has 0 atom stereocenters. The fourth-order valence-electron chi connectivity index (χ4n) is 2.28. The Hall–Kier alpha value is -2.96. The number of halogens is 2. The molecule has 138 valence electrons. The average molecular weight is 362 g/mol. The van der Waals surface area contributed by atoms with E-state index in [0.29, 0.717) is 19.2 Å². The van der Waals surface area contributed by atoms with Gasteiger partial charge in [-0.25, -0.2) is 8.78 Å². The molecule has 0 spiro atoms. The molecule has 2 aromatic carbocycles. The van der Waals surface area contributed by atoms with Gasteiger partial charge in [0.05, 0.1) is 18.7 Å². The molecule has 0 heterocycles. The predicted molar refractivity (Wildman–Crippen MR) is 92.8 cm³/mol. The Balaban J connectivity index is 1.87. The summed E-state index contributed by atoms with van der Waals surface area (Å²) in [5, 5.41) is 2.34. The van der Waals surface area contributed by atoms with E-state index < -0.39 is 17.5 Å². The van der Waals surface area contributed by atoms with Crippen LogP contribution in [0, 0.1) is 11.6 Å². The summed E-state index contributed by atoms with van der Waals surface area (Å²) in [5.41, 5.74) is 0.591. The molecule has 0 unspecified atom stereocenters. The van der Waals surface area contributed by atoms with E-state index in [2.05, 4.69) is 5.32 Å². The maximum absolute atomic E-state index is 13.6. The topological polar surface area (TPSA) is 58.6 Å². The number of benzene rings is 2. The molecule has 0 bridgehead atoms. The Morgan fingerprint density at radius 2 is 1.81 bits per heavy atom. The van der Waals surface area contributed by atoms with E-state index in [9.17, 15) is 18.4 Å². The van der Waals surface area contributed by atoms with Gasteiger partial charge in [0.15, 0.2) is 0 Å². The van der Waals surface area contributed by atoms with Gasteiger partial charge in [0.25, 0.3) is 5.91 Å². The van der Waals surface area contributed by atoms with Gasteiger partial charge >= 0.3 is 0 Å². The van der Waals surface area contributed by atoms with Crippen LogP contribution in [0.5, 0.6) is 5.75 Å². The lowest BCUT2D eigenvalue weighted by Gasteiger charge is -2.18. The van der Waals surface area contributed by atoms with E-state index >= 15 is 0 Å². The van der Waals surface area contributed by atoms with Crippen molar-refractivity contribution in [3.05, 3.63) is 65.2 Å². The maximum Gasteiger partial charge on any atom is 0.254 e. The Morgan fingerprint density at radius 1 is 1.12 bits per heavy atom. The second-order valence-corrected chi connectivity index (χ2v) is 5.63. The van der Waals surface area contributed by atoms with Crippen molar-refractivity contribution in [1.29, 1.82) is 0 Å². The Morgan fingerprint density at radius 3 is 2.42 bits per heavy atom. The number of nitrogens with zero attached hydrogens (tertiary/aromatic N) is 1. The molecule has 26 heavy (non-hydrogen) atoms. The van der Waals surface area contributed by atoms with E-state index in [4.69, 9.17) is 4.74 Å². The monoisotopic (exact) mass is 362 g/mol. The zero-order chi connectivity index (χ0) is 19.1. The number of carbonyl (C=O) groups is 2. The summed E-state index contributed by atoms with van der Waals surface area (Å²) in [6, 6.07) is 9.97. The van der Waals surface area contributed by atoms with Crippen LogP contribution in [0.2, 0.25) is 0 Å². The van der Waals surface area contributed by atoms with Crippen LogP contribution in [0.4, 0.5) is 8.78 Å². The fourth-order valence-corrected chi connectivity index (χ4v) is 2.28. The third kappa shape index (κ3) is 5.27. The number of hydrogen-bond acceptors (Lipinski definition) is 3. The van der Waals surface area contributed by atoms with Gasteiger partial charge in [0.2, 0.25) is 5.91 Å². The summed E-state index contributed by atoms with van der Waals surface area (Å²) in [5.74, 6) is -2.11. The highest BCUT2D eigenvalue weighted by molar-refractivity contribution is 5.96. The fraction of sp³-hybridized carbons (Fsp3) is 0.263. The standard InChI is InChI=1S/C19H20F2N2O3/c1-3-26-15-7-4-13(5-8-15)12-23(2)18(24)11-22-19(25)16-9-6-14(20)10-17(16)21/h4-10H,3,11-12H2,1-2H3,(H,22,25). The van der Waals surface area contributed by atoms with Crippen LogP contribution in [0.25, 0.3) is 0 Å². The van der Waals surface area contributed by atoms with Gasteiger partial charge in [0.1, 0.15) is 17.4 Å². The summed E-state index contributed by atoms with van der Waals surface area (Å²) in [4.78, 5) is 25.5. The highest BCUT2D eigenvalue weighted by atomic mass is 19.1. The van der Waals surface area contributed by atoms with Crippen LogP contribution < -0.4 is 10.1 Å². The van der Waals surface area contributed by atoms with Crippen LogP contribution in [-0.2, 0) is 11.3 Å². The molecule has 0 aliphatic rings. The van der Waals surface area contributed by atoms with Gasteiger partial charge in [-0.1, -0.05) is 12.1 Å². The molecule has 2 amide bonds. The minimum absolute atomic E-state index is 0.289. The number of likely N-dealkylation sites (N-methyl/N-ethyl adjacent to an activating group) is 1. The van der Waals surface area contributed by atoms with Crippen LogP contribution >= 0.6 is 0 Å². The molecular weight excluding hydrogens is 342 g/mol. The predicted octanol–water partition coefficient (Wildman–Crippen LogP) is 2.75. The Labute approximate surface area is 150 Å². The molecule has 7 heteroatoms. The van der Waals surface area contributed by atoms with Crippen LogP contribution in [-0.4, -0.2) is 36.9 Å². The minimum Gasteiger partial charge on any atom is -0.494 e. The summed E-state index contributed by atoms with van der Waals surface area (Å²) in [7, 11) is 1.60. The third-order valence-corrected chi connectivity index (χ3v) is 3.66. The lowest BCUT2D eigenvalue weighted by atomic mass is 10.2. The minimum atomic E-state index is -0.974. The highest BCUT2D eigenvalue weighted by Crippen LogP contribution is 2.13. The van der Waals surface area contributed by atoms with Crippen molar-refractivity contribution in [2.75, 3.05) is 20.2 Å². The zero-order valence-corrected chi connectivity index (χ0v) is 14.6. The van der Waals surface area contributed by atoms with Crippen molar-refractivity contribution in [1.82, 2.24) is 10.2 Å². The van der Waals surface area contributed by atoms with Crippen LogP contribution in [0.1, 0.15) is 22.8 Å². The molecule has 0 fully saturated rings. The van der Waals surface area contributed by atoms with Gasteiger partial charge < -0.3 is 15.0 Å². The number of nitrogens with one attached hydrogen (secondary N) is 1. The molecular formula is C19H20F2N2O3. The average Bonchev–Trinajstić information content (AvgIpc) is 2.61. The largest absolute Gasteiger partial charge is 0.494 e. The van der Waals surface area contributed by atoms with E-state index in [0.717, 1.165) is 23.4 Å². The number of ether oxygens (including phenoxy) is 1. The van der Waals surface area contributed by atoms with E-state index in [1.807, 2.05) is 31.2 Å². The van der Waals surface area contributed by atoms with E-state index in [1.54, 1.807) is 7.05 Å². The second-order valence-electron chi connectivity index (χ2n) is 5.63. The SMILES string of the molecule is CCOc1ccc(CN(C)C(=O)CNC(=O)c2ccc(F)cc2F)cc1. The smallest absolute Gasteiger partial charge is 0.254 e. The van der Waals surface area contributed by atoms with Crippen molar-refractivity contribution in [3.8, 4) is 5.75 Å². The molecule has 0 saturated carbocycles.